The van der Waals surface area contributed by atoms with Crippen LogP contribution in [0, 0.1) is 5.92 Å². The van der Waals surface area contributed by atoms with Crippen molar-refractivity contribution in [3.8, 4) is 0 Å². The van der Waals surface area contributed by atoms with Crippen LogP contribution in [0.15, 0.2) is 0 Å². The van der Waals surface area contributed by atoms with Crippen molar-refractivity contribution in [2.24, 2.45) is 5.92 Å². The van der Waals surface area contributed by atoms with Crippen molar-refractivity contribution in [2.45, 2.75) is 76.4 Å². The Bertz CT molecular complexity index is 264. The van der Waals surface area contributed by atoms with Crippen LogP contribution in [0.4, 0.5) is 0 Å². The molecular weight excluding hydrogens is 240 g/mol. The lowest BCUT2D eigenvalue weighted by Gasteiger charge is -2.47. The molecule has 2 saturated heterocycles. The molecule has 0 radical (unpaired) electrons. The first-order valence-electron chi connectivity index (χ1n) is 8.02. The summed E-state index contributed by atoms with van der Waals surface area (Å²) in [4.78, 5) is 0. The highest BCUT2D eigenvalue weighted by atomic mass is 16.5. The van der Waals surface area contributed by atoms with Crippen LogP contribution in [0.5, 0.6) is 0 Å². The Labute approximate surface area is 117 Å². The van der Waals surface area contributed by atoms with Crippen molar-refractivity contribution in [1.29, 1.82) is 0 Å². The van der Waals surface area contributed by atoms with Crippen LogP contribution in [0.2, 0.25) is 0 Å². The molecule has 112 valence electrons. The molecule has 0 aromatic carbocycles. The van der Waals surface area contributed by atoms with Crippen LogP contribution in [-0.2, 0) is 9.47 Å². The molecule has 0 saturated carbocycles. The third kappa shape index (κ3) is 3.93. The zero-order valence-electron chi connectivity index (χ0n) is 12.6. The van der Waals surface area contributed by atoms with E-state index in [1.807, 2.05) is 6.92 Å². The van der Waals surface area contributed by atoms with Crippen LogP contribution in [0.1, 0.15) is 65.2 Å². The van der Waals surface area contributed by atoms with E-state index in [1.54, 1.807) is 0 Å². The van der Waals surface area contributed by atoms with Gasteiger partial charge in [-0.25, -0.2) is 0 Å². The number of aliphatic hydroxyl groups is 1. The standard InChI is InChI=1S/C16H30O3/c1-3-4-5-7-15(2,17)14-6-10-19-16(13-14)8-11-18-12-9-16/h14,17H,3-13H2,1-2H3. The number of hydrogen-bond donors (Lipinski definition) is 1. The van der Waals surface area contributed by atoms with E-state index in [1.165, 1.54) is 12.8 Å². The number of ether oxygens (including phenoxy) is 2. The Hall–Kier alpha value is -0.120. The Morgan fingerprint density at radius 1 is 1.21 bits per heavy atom. The first kappa shape index (κ1) is 15.3. The highest BCUT2D eigenvalue weighted by Crippen LogP contribution is 2.42. The number of unbranched alkanes of at least 4 members (excludes halogenated alkanes) is 2. The Balaban J connectivity index is 1.91. The summed E-state index contributed by atoms with van der Waals surface area (Å²) in [5.41, 5.74) is -0.528. The lowest BCUT2D eigenvalue weighted by molar-refractivity contribution is -0.173. The van der Waals surface area contributed by atoms with E-state index in [2.05, 4.69) is 6.92 Å². The molecule has 0 amide bonds. The van der Waals surface area contributed by atoms with Gasteiger partial charge in [-0.3, -0.25) is 0 Å². The summed E-state index contributed by atoms with van der Waals surface area (Å²) < 4.78 is 11.5. The average Bonchev–Trinajstić information content (AvgIpc) is 2.40. The molecule has 3 nitrogen and oxygen atoms in total. The van der Waals surface area contributed by atoms with Gasteiger partial charge in [-0.2, -0.15) is 0 Å². The van der Waals surface area contributed by atoms with E-state index < -0.39 is 5.60 Å². The summed E-state index contributed by atoms with van der Waals surface area (Å²) in [6, 6.07) is 0. The summed E-state index contributed by atoms with van der Waals surface area (Å²) in [6.45, 7) is 6.66. The second-order valence-corrected chi connectivity index (χ2v) is 6.65. The maximum Gasteiger partial charge on any atom is 0.0730 e. The summed E-state index contributed by atoms with van der Waals surface area (Å²) in [7, 11) is 0. The first-order chi connectivity index (χ1) is 9.08. The molecule has 2 unspecified atom stereocenters. The van der Waals surface area contributed by atoms with Crippen molar-refractivity contribution in [2.75, 3.05) is 19.8 Å². The predicted molar refractivity (Wildman–Crippen MR) is 76.2 cm³/mol. The molecular formula is C16H30O3. The van der Waals surface area contributed by atoms with Gasteiger partial charge in [0.15, 0.2) is 0 Å². The molecule has 2 heterocycles. The molecule has 1 spiro atoms. The minimum absolute atomic E-state index is 0.00405. The van der Waals surface area contributed by atoms with Crippen molar-refractivity contribution in [3.63, 3.8) is 0 Å². The van der Waals surface area contributed by atoms with Crippen LogP contribution in [0.25, 0.3) is 0 Å². The van der Waals surface area contributed by atoms with Gasteiger partial charge in [0.25, 0.3) is 0 Å². The van der Waals surface area contributed by atoms with E-state index in [-0.39, 0.29) is 5.60 Å². The van der Waals surface area contributed by atoms with Crippen molar-refractivity contribution < 1.29 is 14.6 Å². The molecule has 2 fully saturated rings. The fraction of sp³-hybridized carbons (Fsp3) is 1.00. The zero-order valence-corrected chi connectivity index (χ0v) is 12.6. The van der Waals surface area contributed by atoms with E-state index >= 15 is 0 Å². The Kier molecular flexibility index (Phi) is 5.27. The number of hydrogen-bond acceptors (Lipinski definition) is 3. The van der Waals surface area contributed by atoms with Crippen LogP contribution in [-0.4, -0.2) is 36.1 Å². The van der Waals surface area contributed by atoms with Crippen molar-refractivity contribution >= 4 is 0 Å². The zero-order chi connectivity index (χ0) is 13.8. The normalized spacial score (nSPS) is 30.2. The topological polar surface area (TPSA) is 38.7 Å². The highest BCUT2D eigenvalue weighted by molar-refractivity contribution is 4.94. The quantitative estimate of drug-likeness (QED) is 0.779. The first-order valence-corrected chi connectivity index (χ1v) is 8.02. The molecule has 2 rings (SSSR count). The smallest absolute Gasteiger partial charge is 0.0730 e. The molecule has 1 N–H and O–H groups in total. The average molecular weight is 270 g/mol. The summed E-state index contributed by atoms with van der Waals surface area (Å²) in [5, 5.41) is 10.8. The molecule has 3 heteroatoms. The SMILES string of the molecule is CCCCCC(C)(O)C1CCOC2(CCOCC2)C1. The van der Waals surface area contributed by atoms with Gasteiger partial charge in [0.2, 0.25) is 0 Å². The molecule has 0 aliphatic carbocycles. The third-order valence-corrected chi connectivity index (χ3v) is 5.06. The van der Waals surface area contributed by atoms with Crippen LogP contribution in [0.3, 0.4) is 0 Å². The minimum Gasteiger partial charge on any atom is -0.390 e. The molecule has 0 aromatic heterocycles. The Morgan fingerprint density at radius 2 is 1.95 bits per heavy atom. The largest absolute Gasteiger partial charge is 0.390 e. The monoisotopic (exact) mass is 270 g/mol. The van der Waals surface area contributed by atoms with E-state index in [0.29, 0.717) is 5.92 Å². The van der Waals surface area contributed by atoms with Gasteiger partial charge in [-0.05, 0) is 44.9 Å². The van der Waals surface area contributed by atoms with Gasteiger partial charge in [-0.15, -0.1) is 0 Å². The number of rotatable bonds is 5. The predicted octanol–water partition coefficient (Wildman–Crippen LogP) is 3.29. The summed E-state index contributed by atoms with van der Waals surface area (Å²) in [6.07, 6.45) is 8.50. The fourth-order valence-corrected chi connectivity index (χ4v) is 3.59. The lowest BCUT2D eigenvalue weighted by Crippen LogP contribution is -2.49. The van der Waals surface area contributed by atoms with Crippen LogP contribution < -0.4 is 0 Å². The molecule has 0 bridgehead atoms. The Morgan fingerprint density at radius 3 is 2.63 bits per heavy atom. The molecule has 2 aliphatic rings. The maximum atomic E-state index is 10.8. The van der Waals surface area contributed by atoms with Gasteiger partial charge in [0, 0.05) is 19.8 Å². The second-order valence-electron chi connectivity index (χ2n) is 6.65. The summed E-state index contributed by atoms with van der Waals surface area (Å²) in [5.74, 6) is 0.385. The minimum atomic E-state index is -0.524. The second kappa shape index (κ2) is 6.55. The lowest BCUT2D eigenvalue weighted by atomic mass is 9.72. The molecule has 2 atom stereocenters. The molecule has 2 aliphatic heterocycles. The van der Waals surface area contributed by atoms with E-state index in [9.17, 15) is 5.11 Å². The van der Waals surface area contributed by atoms with Gasteiger partial charge in [0.05, 0.1) is 11.2 Å². The third-order valence-electron chi connectivity index (χ3n) is 5.06. The van der Waals surface area contributed by atoms with Crippen molar-refractivity contribution in [3.05, 3.63) is 0 Å². The van der Waals surface area contributed by atoms with Gasteiger partial charge in [0.1, 0.15) is 0 Å². The van der Waals surface area contributed by atoms with Gasteiger partial charge >= 0.3 is 0 Å². The van der Waals surface area contributed by atoms with Gasteiger partial charge in [-0.1, -0.05) is 26.2 Å². The maximum absolute atomic E-state index is 10.8. The van der Waals surface area contributed by atoms with E-state index in [0.717, 1.165) is 58.3 Å². The molecule has 0 aromatic rings. The summed E-state index contributed by atoms with van der Waals surface area (Å²) >= 11 is 0. The fourth-order valence-electron chi connectivity index (χ4n) is 3.59. The van der Waals surface area contributed by atoms with Gasteiger partial charge < -0.3 is 14.6 Å². The van der Waals surface area contributed by atoms with Crippen LogP contribution >= 0.6 is 0 Å². The molecule has 19 heavy (non-hydrogen) atoms. The van der Waals surface area contributed by atoms with Crippen molar-refractivity contribution in [1.82, 2.24) is 0 Å². The van der Waals surface area contributed by atoms with E-state index in [4.69, 9.17) is 9.47 Å². The highest BCUT2D eigenvalue weighted by Gasteiger charge is 2.44.